The van der Waals surface area contributed by atoms with Crippen LogP contribution < -0.4 is 11.1 Å². The molecule has 3 heterocycles. The molecular formula is C25H20N4O2S2. The van der Waals surface area contributed by atoms with Gasteiger partial charge >= 0.3 is 0 Å². The van der Waals surface area contributed by atoms with Gasteiger partial charge in [-0.3, -0.25) is 14.2 Å². The first-order valence-corrected chi connectivity index (χ1v) is 12.2. The van der Waals surface area contributed by atoms with E-state index in [4.69, 9.17) is 4.98 Å². The first-order valence-electron chi connectivity index (χ1n) is 10.4. The normalized spacial score (nSPS) is 11.3. The quantitative estimate of drug-likeness (QED) is 0.210. The molecule has 164 valence electrons. The molecule has 0 unspecified atom stereocenters. The SMILES string of the molecule is C=CCn1c(SCc2nc3c(C)cccc3c(=O)[nH]2)nc2sc(-c3ccccc3)cc2c1=O. The van der Waals surface area contributed by atoms with Gasteiger partial charge in [-0.25, -0.2) is 9.97 Å². The Morgan fingerprint density at radius 2 is 1.91 bits per heavy atom. The fourth-order valence-electron chi connectivity index (χ4n) is 3.70. The van der Waals surface area contributed by atoms with Crippen LogP contribution in [0.3, 0.4) is 0 Å². The van der Waals surface area contributed by atoms with Crippen molar-refractivity contribution in [3.05, 3.63) is 99.3 Å². The number of rotatable bonds is 6. The van der Waals surface area contributed by atoms with E-state index in [1.165, 1.54) is 23.1 Å². The highest BCUT2D eigenvalue weighted by molar-refractivity contribution is 7.98. The first kappa shape index (κ1) is 21.4. The van der Waals surface area contributed by atoms with E-state index in [9.17, 15) is 9.59 Å². The molecule has 0 aliphatic rings. The molecule has 0 atom stereocenters. The molecule has 0 aliphatic heterocycles. The summed E-state index contributed by atoms with van der Waals surface area (Å²) in [5, 5.41) is 1.73. The summed E-state index contributed by atoms with van der Waals surface area (Å²) in [6, 6.07) is 17.4. The average Bonchev–Trinajstić information content (AvgIpc) is 3.26. The molecule has 0 bridgehead atoms. The van der Waals surface area contributed by atoms with Crippen LogP contribution in [-0.2, 0) is 12.3 Å². The largest absolute Gasteiger partial charge is 0.309 e. The number of aryl methyl sites for hydroxylation is 1. The van der Waals surface area contributed by atoms with Gasteiger partial charge in [0.2, 0.25) is 0 Å². The lowest BCUT2D eigenvalue weighted by molar-refractivity contribution is 0.672. The highest BCUT2D eigenvalue weighted by Gasteiger charge is 2.16. The standard InChI is InChI=1S/C25H20N4O2S2/c1-3-12-29-24(31)18-13-19(16-9-5-4-6-10-16)33-23(18)28-25(29)32-14-20-26-21-15(2)8-7-11-17(21)22(30)27-20/h3-11,13H,1,12,14H2,2H3,(H,26,27,30). The lowest BCUT2D eigenvalue weighted by Crippen LogP contribution is -2.22. The zero-order valence-corrected chi connectivity index (χ0v) is 19.5. The van der Waals surface area contributed by atoms with E-state index in [1.54, 1.807) is 16.7 Å². The zero-order chi connectivity index (χ0) is 22.9. The summed E-state index contributed by atoms with van der Waals surface area (Å²) in [5.41, 5.74) is 2.42. The monoisotopic (exact) mass is 472 g/mol. The number of H-pyrrole nitrogens is 1. The van der Waals surface area contributed by atoms with E-state index >= 15 is 0 Å². The minimum atomic E-state index is -0.169. The fourth-order valence-corrected chi connectivity index (χ4v) is 5.65. The maximum Gasteiger partial charge on any atom is 0.263 e. The third kappa shape index (κ3) is 4.03. The van der Waals surface area contributed by atoms with E-state index in [0.29, 0.717) is 44.4 Å². The summed E-state index contributed by atoms with van der Waals surface area (Å²) in [6.45, 7) is 6.07. The van der Waals surface area contributed by atoms with Gasteiger partial charge in [0.25, 0.3) is 11.1 Å². The molecule has 0 fully saturated rings. The van der Waals surface area contributed by atoms with Crippen LogP contribution in [0, 0.1) is 6.92 Å². The lowest BCUT2D eigenvalue weighted by atomic mass is 10.1. The van der Waals surface area contributed by atoms with Crippen molar-refractivity contribution in [3.8, 4) is 10.4 Å². The number of thiophene rings is 1. The molecule has 3 aromatic heterocycles. The Morgan fingerprint density at radius 3 is 2.70 bits per heavy atom. The second-order valence-electron chi connectivity index (χ2n) is 7.57. The van der Waals surface area contributed by atoms with Crippen LogP contribution in [-0.4, -0.2) is 19.5 Å². The van der Waals surface area contributed by atoms with Gasteiger partial charge in [-0.2, -0.15) is 0 Å². The Kier molecular flexibility index (Phi) is 5.70. The third-order valence-electron chi connectivity index (χ3n) is 5.31. The second-order valence-corrected chi connectivity index (χ2v) is 9.54. The Balaban J connectivity index is 1.55. The van der Waals surface area contributed by atoms with Crippen LogP contribution in [0.15, 0.2) is 82.0 Å². The van der Waals surface area contributed by atoms with E-state index in [2.05, 4.69) is 16.5 Å². The van der Waals surface area contributed by atoms with E-state index in [-0.39, 0.29) is 11.1 Å². The van der Waals surface area contributed by atoms with Crippen LogP contribution in [0.1, 0.15) is 11.4 Å². The number of allylic oxidation sites excluding steroid dienone is 1. The zero-order valence-electron chi connectivity index (χ0n) is 17.9. The summed E-state index contributed by atoms with van der Waals surface area (Å²) < 4.78 is 1.62. The topological polar surface area (TPSA) is 80.6 Å². The van der Waals surface area contributed by atoms with Crippen molar-refractivity contribution in [1.29, 1.82) is 0 Å². The average molecular weight is 473 g/mol. The molecule has 1 N–H and O–H groups in total. The Bertz CT molecular complexity index is 1620. The number of aromatic nitrogens is 4. The predicted molar refractivity (Wildman–Crippen MR) is 136 cm³/mol. The number of hydrogen-bond donors (Lipinski definition) is 1. The van der Waals surface area contributed by atoms with E-state index < -0.39 is 0 Å². The number of aromatic amines is 1. The van der Waals surface area contributed by atoms with Gasteiger partial charge in [0.1, 0.15) is 10.7 Å². The van der Waals surface area contributed by atoms with E-state index in [0.717, 1.165) is 16.0 Å². The van der Waals surface area contributed by atoms with Crippen molar-refractivity contribution in [2.24, 2.45) is 0 Å². The molecule has 6 nitrogen and oxygen atoms in total. The van der Waals surface area contributed by atoms with Gasteiger partial charge in [0.05, 0.1) is 22.0 Å². The molecule has 0 aliphatic carbocycles. The molecule has 0 saturated heterocycles. The molecule has 2 aromatic carbocycles. The van der Waals surface area contributed by atoms with Gasteiger partial charge in [0.15, 0.2) is 5.16 Å². The van der Waals surface area contributed by atoms with Crippen LogP contribution >= 0.6 is 23.1 Å². The van der Waals surface area contributed by atoms with Crippen molar-refractivity contribution >= 4 is 44.2 Å². The molecule has 0 spiro atoms. The summed E-state index contributed by atoms with van der Waals surface area (Å²) in [4.78, 5) is 39.8. The summed E-state index contributed by atoms with van der Waals surface area (Å²) >= 11 is 2.87. The molecule has 5 rings (SSSR count). The minimum absolute atomic E-state index is 0.100. The van der Waals surface area contributed by atoms with Crippen LogP contribution in [0.2, 0.25) is 0 Å². The molecule has 5 aromatic rings. The summed E-state index contributed by atoms with van der Waals surface area (Å²) in [5.74, 6) is 0.924. The maximum atomic E-state index is 13.3. The van der Waals surface area contributed by atoms with Crippen LogP contribution in [0.5, 0.6) is 0 Å². The van der Waals surface area contributed by atoms with Gasteiger partial charge in [0, 0.05) is 11.4 Å². The number of hydrogen-bond acceptors (Lipinski definition) is 6. The maximum absolute atomic E-state index is 13.3. The first-order chi connectivity index (χ1) is 16.0. The molecule has 0 radical (unpaired) electrons. The number of fused-ring (bicyclic) bond motifs is 2. The number of benzene rings is 2. The predicted octanol–water partition coefficient (Wildman–Crippen LogP) is 5.15. The molecule has 0 saturated carbocycles. The minimum Gasteiger partial charge on any atom is -0.309 e. The smallest absolute Gasteiger partial charge is 0.263 e. The number of thioether (sulfide) groups is 1. The van der Waals surface area contributed by atoms with Crippen molar-refractivity contribution in [3.63, 3.8) is 0 Å². The van der Waals surface area contributed by atoms with Gasteiger partial charge in [-0.15, -0.1) is 17.9 Å². The van der Waals surface area contributed by atoms with Crippen LogP contribution in [0.25, 0.3) is 31.6 Å². The lowest BCUT2D eigenvalue weighted by Gasteiger charge is -2.10. The Hall–Kier alpha value is -3.49. The van der Waals surface area contributed by atoms with Gasteiger partial charge in [-0.05, 0) is 30.2 Å². The third-order valence-corrected chi connectivity index (χ3v) is 7.38. The fraction of sp³-hybridized carbons (Fsp3) is 0.120. The Morgan fingerprint density at radius 1 is 1.09 bits per heavy atom. The Labute approximate surface area is 197 Å². The second kappa shape index (κ2) is 8.80. The van der Waals surface area contributed by atoms with Crippen molar-refractivity contribution in [2.75, 3.05) is 0 Å². The van der Waals surface area contributed by atoms with Crippen molar-refractivity contribution in [2.45, 2.75) is 24.4 Å². The number of para-hydroxylation sites is 1. The summed E-state index contributed by atoms with van der Waals surface area (Å²) in [6.07, 6.45) is 1.68. The molecule has 33 heavy (non-hydrogen) atoms. The number of nitrogens with zero attached hydrogens (tertiary/aromatic N) is 3. The highest BCUT2D eigenvalue weighted by atomic mass is 32.2. The van der Waals surface area contributed by atoms with Gasteiger partial charge < -0.3 is 4.98 Å². The van der Waals surface area contributed by atoms with Crippen LogP contribution in [0.4, 0.5) is 0 Å². The van der Waals surface area contributed by atoms with E-state index in [1.807, 2.05) is 55.5 Å². The van der Waals surface area contributed by atoms with Crippen molar-refractivity contribution < 1.29 is 0 Å². The number of nitrogens with one attached hydrogen (secondary N) is 1. The summed E-state index contributed by atoms with van der Waals surface area (Å²) in [7, 11) is 0. The molecular weight excluding hydrogens is 452 g/mol. The highest BCUT2D eigenvalue weighted by Crippen LogP contribution is 2.32. The van der Waals surface area contributed by atoms with Gasteiger partial charge in [-0.1, -0.05) is 60.3 Å². The molecule has 8 heteroatoms. The molecule has 0 amide bonds. The van der Waals surface area contributed by atoms with Crippen molar-refractivity contribution in [1.82, 2.24) is 19.5 Å².